The van der Waals surface area contributed by atoms with E-state index in [1.54, 1.807) is 36.2 Å². The van der Waals surface area contributed by atoms with Gasteiger partial charge >= 0.3 is 0 Å². The lowest BCUT2D eigenvalue weighted by atomic mass is 10.2. The SMILES string of the molecule is CN1CCC(Oc2cccc(C#N)c2)C1=O. The molecule has 82 valence electrons. The molecule has 0 aliphatic carbocycles. The van der Waals surface area contributed by atoms with Crippen LogP contribution >= 0.6 is 0 Å². The molecule has 0 spiro atoms. The molecule has 0 saturated carbocycles. The lowest BCUT2D eigenvalue weighted by Crippen LogP contribution is -2.29. The monoisotopic (exact) mass is 216 g/mol. The zero-order valence-electron chi connectivity index (χ0n) is 9.01. The number of nitrogens with zero attached hydrogens (tertiary/aromatic N) is 2. The average Bonchev–Trinajstić information content (AvgIpc) is 2.61. The minimum Gasteiger partial charge on any atom is -0.480 e. The molecule has 1 unspecified atom stereocenters. The number of amides is 1. The van der Waals surface area contributed by atoms with Crippen molar-refractivity contribution in [3.63, 3.8) is 0 Å². The Morgan fingerprint density at radius 1 is 1.56 bits per heavy atom. The van der Waals surface area contributed by atoms with Gasteiger partial charge in [0.1, 0.15) is 5.75 Å². The lowest BCUT2D eigenvalue weighted by Gasteiger charge is -2.12. The molecule has 0 N–H and O–H groups in total. The van der Waals surface area contributed by atoms with Crippen molar-refractivity contribution >= 4 is 5.91 Å². The van der Waals surface area contributed by atoms with E-state index < -0.39 is 6.10 Å². The number of carbonyl (C=O) groups excluding carboxylic acids is 1. The summed E-state index contributed by atoms with van der Waals surface area (Å²) >= 11 is 0. The molecule has 2 rings (SSSR count). The van der Waals surface area contributed by atoms with Crippen LogP contribution in [0.2, 0.25) is 0 Å². The van der Waals surface area contributed by atoms with Gasteiger partial charge in [0.15, 0.2) is 6.10 Å². The maximum atomic E-state index is 11.6. The summed E-state index contributed by atoms with van der Waals surface area (Å²) in [6.07, 6.45) is 0.297. The first-order chi connectivity index (χ1) is 7.70. The van der Waals surface area contributed by atoms with Gasteiger partial charge in [0, 0.05) is 20.0 Å². The Bertz CT molecular complexity index is 451. The number of rotatable bonds is 2. The zero-order valence-corrected chi connectivity index (χ0v) is 9.01. The summed E-state index contributed by atoms with van der Waals surface area (Å²) in [5, 5.41) is 8.74. The van der Waals surface area contributed by atoms with Crippen LogP contribution in [0.15, 0.2) is 24.3 Å². The molecular weight excluding hydrogens is 204 g/mol. The number of hydrogen-bond acceptors (Lipinski definition) is 3. The lowest BCUT2D eigenvalue weighted by molar-refractivity contribution is -0.132. The third kappa shape index (κ3) is 1.98. The van der Waals surface area contributed by atoms with Crippen LogP contribution in [0.4, 0.5) is 0 Å². The third-order valence-electron chi connectivity index (χ3n) is 2.62. The number of nitriles is 1. The van der Waals surface area contributed by atoms with E-state index in [0.717, 1.165) is 6.54 Å². The van der Waals surface area contributed by atoms with Gasteiger partial charge in [0.25, 0.3) is 5.91 Å². The van der Waals surface area contributed by atoms with E-state index in [9.17, 15) is 4.79 Å². The number of hydrogen-bond donors (Lipinski definition) is 0. The topological polar surface area (TPSA) is 53.3 Å². The molecule has 4 nitrogen and oxygen atoms in total. The van der Waals surface area contributed by atoms with Gasteiger partial charge in [-0.15, -0.1) is 0 Å². The second kappa shape index (κ2) is 4.23. The van der Waals surface area contributed by atoms with Crippen LogP contribution in [0, 0.1) is 11.3 Å². The van der Waals surface area contributed by atoms with Crippen LogP contribution in [-0.2, 0) is 4.79 Å². The number of benzene rings is 1. The number of likely N-dealkylation sites (N-methyl/N-ethyl adjacent to an activating group) is 1. The quantitative estimate of drug-likeness (QED) is 0.745. The van der Waals surface area contributed by atoms with Crippen molar-refractivity contribution in [2.45, 2.75) is 12.5 Å². The Labute approximate surface area is 94.0 Å². The Balaban J connectivity index is 2.10. The minimum absolute atomic E-state index is 0.00219. The van der Waals surface area contributed by atoms with Gasteiger partial charge in [-0.25, -0.2) is 0 Å². The first kappa shape index (κ1) is 10.5. The highest BCUT2D eigenvalue weighted by Crippen LogP contribution is 2.19. The van der Waals surface area contributed by atoms with Gasteiger partial charge < -0.3 is 9.64 Å². The van der Waals surface area contributed by atoms with E-state index in [4.69, 9.17) is 10.00 Å². The van der Waals surface area contributed by atoms with Crippen LogP contribution in [0.5, 0.6) is 5.75 Å². The zero-order chi connectivity index (χ0) is 11.5. The first-order valence-electron chi connectivity index (χ1n) is 5.12. The molecule has 1 atom stereocenters. The summed E-state index contributed by atoms with van der Waals surface area (Å²) in [6, 6.07) is 8.89. The molecule has 1 fully saturated rings. The van der Waals surface area contributed by atoms with Crippen LogP contribution in [0.1, 0.15) is 12.0 Å². The highest BCUT2D eigenvalue weighted by atomic mass is 16.5. The molecule has 1 aliphatic rings. The van der Waals surface area contributed by atoms with Gasteiger partial charge in [-0.3, -0.25) is 4.79 Å². The van der Waals surface area contributed by atoms with Gasteiger partial charge in [0.2, 0.25) is 0 Å². The van der Waals surface area contributed by atoms with Gasteiger partial charge in [-0.05, 0) is 18.2 Å². The molecule has 0 radical (unpaired) electrons. The molecule has 0 bridgehead atoms. The van der Waals surface area contributed by atoms with E-state index in [0.29, 0.717) is 17.7 Å². The summed E-state index contributed by atoms with van der Waals surface area (Å²) in [5.74, 6) is 0.579. The second-order valence-corrected chi connectivity index (χ2v) is 3.79. The number of likely N-dealkylation sites (tertiary alicyclic amines) is 1. The van der Waals surface area contributed by atoms with Crippen LogP contribution < -0.4 is 4.74 Å². The normalized spacial score (nSPS) is 19.6. The Hall–Kier alpha value is -2.02. The maximum absolute atomic E-state index is 11.6. The molecule has 1 aromatic rings. The third-order valence-corrected chi connectivity index (χ3v) is 2.62. The molecule has 4 heteroatoms. The van der Waals surface area contributed by atoms with E-state index in [1.807, 2.05) is 6.07 Å². The van der Waals surface area contributed by atoms with Crippen molar-refractivity contribution in [3.05, 3.63) is 29.8 Å². The molecule has 16 heavy (non-hydrogen) atoms. The Morgan fingerprint density at radius 3 is 3.00 bits per heavy atom. The fourth-order valence-corrected chi connectivity index (χ4v) is 1.70. The van der Waals surface area contributed by atoms with Crippen LogP contribution in [0.25, 0.3) is 0 Å². The van der Waals surface area contributed by atoms with E-state index >= 15 is 0 Å². The van der Waals surface area contributed by atoms with Crippen LogP contribution in [0.3, 0.4) is 0 Å². The molecular formula is C12H12N2O2. The van der Waals surface area contributed by atoms with E-state index in [1.165, 1.54) is 0 Å². The fraction of sp³-hybridized carbons (Fsp3) is 0.333. The van der Waals surface area contributed by atoms with Crippen molar-refractivity contribution in [1.29, 1.82) is 5.26 Å². The maximum Gasteiger partial charge on any atom is 0.263 e. The summed E-state index contributed by atoms with van der Waals surface area (Å²) < 4.78 is 5.56. The number of ether oxygens (including phenoxy) is 1. The average molecular weight is 216 g/mol. The number of carbonyl (C=O) groups is 1. The summed E-state index contributed by atoms with van der Waals surface area (Å²) in [4.78, 5) is 13.3. The van der Waals surface area contributed by atoms with Crippen molar-refractivity contribution in [2.24, 2.45) is 0 Å². The first-order valence-corrected chi connectivity index (χ1v) is 5.12. The molecule has 1 amide bonds. The van der Waals surface area contributed by atoms with Crippen molar-refractivity contribution in [3.8, 4) is 11.8 Å². The Morgan fingerprint density at radius 2 is 2.38 bits per heavy atom. The standard InChI is InChI=1S/C12H12N2O2/c1-14-6-5-11(12(14)15)16-10-4-2-3-9(7-10)8-13/h2-4,7,11H,5-6H2,1H3. The van der Waals surface area contributed by atoms with Gasteiger partial charge in [0.05, 0.1) is 11.6 Å². The summed E-state index contributed by atoms with van der Waals surface area (Å²) in [6.45, 7) is 0.724. The molecule has 1 heterocycles. The highest BCUT2D eigenvalue weighted by Gasteiger charge is 2.30. The Kier molecular flexibility index (Phi) is 2.78. The molecule has 1 aromatic carbocycles. The van der Waals surface area contributed by atoms with Crippen molar-refractivity contribution in [2.75, 3.05) is 13.6 Å². The molecule has 1 saturated heterocycles. The largest absolute Gasteiger partial charge is 0.480 e. The summed E-state index contributed by atoms with van der Waals surface area (Å²) in [7, 11) is 1.76. The predicted octanol–water partition coefficient (Wildman–Crippen LogP) is 1.17. The van der Waals surface area contributed by atoms with E-state index in [2.05, 4.69) is 0 Å². The smallest absolute Gasteiger partial charge is 0.263 e. The van der Waals surface area contributed by atoms with Crippen molar-refractivity contribution in [1.82, 2.24) is 4.90 Å². The van der Waals surface area contributed by atoms with E-state index in [-0.39, 0.29) is 5.91 Å². The summed E-state index contributed by atoms with van der Waals surface area (Å²) in [5.41, 5.74) is 0.538. The second-order valence-electron chi connectivity index (χ2n) is 3.79. The van der Waals surface area contributed by atoms with Gasteiger partial charge in [-0.2, -0.15) is 5.26 Å². The fourth-order valence-electron chi connectivity index (χ4n) is 1.70. The molecule has 1 aliphatic heterocycles. The van der Waals surface area contributed by atoms with Crippen molar-refractivity contribution < 1.29 is 9.53 Å². The van der Waals surface area contributed by atoms with Gasteiger partial charge in [-0.1, -0.05) is 6.07 Å². The predicted molar refractivity (Wildman–Crippen MR) is 57.8 cm³/mol. The minimum atomic E-state index is -0.404. The molecule has 0 aromatic heterocycles. The van der Waals surface area contributed by atoms with Crippen LogP contribution in [-0.4, -0.2) is 30.5 Å². The highest BCUT2D eigenvalue weighted by molar-refractivity contribution is 5.83.